The van der Waals surface area contributed by atoms with Gasteiger partial charge in [-0.3, -0.25) is 14.3 Å². The normalized spacial score (nSPS) is 15.8. The van der Waals surface area contributed by atoms with Crippen molar-refractivity contribution in [2.75, 3.05) is 37.6 Å². The molecule has 170 valence electrons. The number of thiophene rings is 1. The average Bonchev–Trinajstić information content (AvgIpc) is 3.19. The molecule has 0 saturated carbocycles. The second kappa shape index (κ2) is 9.47. The summed E-state index contributed by atoms with van der Waals surface area (Å²) in [6, 6.07) is 20.5. The van der Waals surface area contributed by atoms with Crippen molar-refractivity contribution < 1.29 is 5.11 Å². The first-order valence-corrected chi connectivity index (χ1v) is 12.2. The van der Waals surface area contributed by atoms with Gasteiger partial charge in [-0.2, -0.15) is 0 Å². The van der Waals surface area contributed by atoms with E-state index in [1.54, 1.807) is 22.2 Å². The first-order valence-electron chi connectivity index (χ1n) is 11.3. The number of piperazine rings is 1. The molecule has 3 heterocycles. The predicted molar refractivity (Wildman–Crippen MR) is 135 cm³/mol. The quantitative estimate of drug-likeness (QED) is 0.476. The van der Waals surface area contributed by atoms with Crippen LogP contribution >= 0.6 is 11.3 Å². The highest BCUT2D eigenvalue weighted by Gasteiger charge is 2.21. The van der Waals surface area contributed by atoms with Crippen LogP contribution in [0.3, 0.4) is 0 Å². The molecule has 0 spiro atoms. The number of aliphatic hydroxyl groups excluding tert-OH is 1. The molecule has 2 aromatic carbocycles. The predicted octanol–water partition coefficient (Wildman–Crippen LogP) is 3.62. The highest BCUT2D eigenvalue weighted by Crippen LogP contribution is 2.35. The highest BCUT2D eigenvalue weighted by atomic mass is 32.1. The van der Waals surface area contributed by atoms with Crippen molar-refractivity contribution in [2.24, 2.45) is 0 Å². The summed E-state index contributed by atoms with van der Waals surface area (Å²) in [7, 11) is 0. The fraction of sp³-hybridized carbons (Fsp3) is 0.308. The third-order valence-electron chi connectivity index (χ3n) is 6.32. The molecule has 0 bridgehead atoms. The van der Waals surface area contributed by atoms with Crippen molar-refractivity contribution in [2.45, 2.75) is 19.6 Å². The maximum Gasteiger partial charge on any atom is 0.262 e. The molecule has 0 amide bonds. The molecule has 7 heteroatoms. The molecule has 0 radical (unpaired) electrons. The van der Waals surface area contributed by atoms with Crippen molar-refractivity contribution in [3.05, 3.63) is 82.9 Å². The Balaban J connectivity index is 1.26. The van der Waals surface area contributed by atoms with Gasteiger partial charge in [0, 0.05) is 43.3 Å². The zero-order valence-corrected chi connectivity index (χ0v) is 19.5. The van der Waals surface area contributed by atoms with Crippen LogP contribution in [-0.2, 0) is 6.54 Å². The van der Waals surface area contributed by atoms with Gasteiger partial charge in [-0.25, -0.2) is 4.98 Å². The summed E-state index contributed by atoms with van der Waals surface area (Å²) < 4.78 is 1.56. The zero-order chi connectivity index (χ0) is 22.8. The minimum absolute atomic E-state index is 0.0797. The Morgan fingerprint density at radius 1 is 0.970 bits per heavy atom. The molecule has 1 N–H and O–H groups in total. The van der Waals surface area contributed by atoms with Gasteiger partial charge in [0.25, 0.3) is 5.56 Å². The van der Waals surface area contributed by atoms with E-state index >= 15 is 0 Å². The van der Waals surface area contributed by atoms with E-state index in [-0.39, 0.29) is 12.1 Å². The molecule has 1 aliphatic heterocycles. The number of rotatable bonds is 6. The fourth-order valence-corrected chi connectivity index (χ4v) is 5.71. The van der Waals surface area contributed by atoms with Gasteiger partial charge in [-0.05, 0) is 30.2 Å². The van der Waals surface area contributed by atoms with Gasteiger partial charge in [-0.15, -0.1) is 11.3 Å². The Hall–Kier alpha value is -3.00. The molecular weight excluding hydrogens is 432 g/mol. The molecule has 4 aromatic rings. The van der Waals surface area contributed by atoms with Crippen LogP contribution in [0, 0.1) is 6.92 Å². The molecule has 1 aliphatic rings. The largest absolute Gasteiger partial charge is 0.390 e. The molecule has 1 atom stereocenters. The average molecular weight is 461 g/mol. The summed E-state index contributed by atoms with van der Waals surface area (Å²) >= 11 is 1.55. The number of aliphatic hydroxyl groups is 1. The smallest absolute Gasteiger partial charge is 0.262 e. The van der Waals surface area contributed by atoms with Crippen LogP contribution in [0.5, 0.6) is 0 Å². The van der Waals surface area contributed by atoms with E-state index in [0.29, 0.717) is 11.9 Å². The summed E-state index contributed by atoms with van der Waals surface area (Å²) in [5, 5.41) is 11.4. The number of hydrogen-bond acceptors (Lipinski definition) is 6. The number of para-hydroxylation sites is 1. The first kappa shape index (κ1) is 21.8. The minimum atomic E-state index is -0.627. The monoisotopic (exact) mass is 460 g/mol. The lowest BCUT2D eigenvalue weighted by Gasteiger charge is -2.36. The molecule has 5 rings (SSSR count). The SMILES string of the molecule is Cc1c(-c2ccccc2)sc2ncn(CC(O)CN3CCN(c4ccccc4)CC3)c(=O)c12. The summed E-state index contributed by atoms with van der Waals surface area (Å²) in [5.41, 5.74) is 3.21. The second-order valence-electron chi connectivity index (χ2n) is 8.58. The second-order valence-corrected chi connectivity index (χ2v) is 9.58. The van der Waals surface area contributed by atoms with Crippen molar-refractivity contribution >= 4 is 27.2 Å². The van der Waals surface area contributed by atoms with E-state index in [2.05, 4.69) is 51.2 Å². The lowest BCUT2D eigenvalue weighted by atomic mass is 10.1. The Morgan fingerprint density at radius 2 is 1.64 bits per heavy atom. The summed E-state index contributed by atoms with van der Waals surface area (Å²) in [6.07, 6.45) is 0.948. The molecule has 33 heavy (non-hydrogen) atoms. The van der Waals surface area contributed by atoms with E-state index in [1.807, 2.05) is 31.2 Å². The van der Waals surface area contributed by atoms with Crippen molar-refractivity contribution in [3.63, 3.8) is 0 Å². The molecule has 0 aliphatic carbocycles. The van der Waals surface area contributed by atoms with Gasteiger partial charge in [0.2, 0.25) is 0 Å². The van der Waals surface area contributed by atoms with Crippen LogP contribution in [0.4, 0.5) is 5.69 Å². The maximum atomic E-state index is 13.2. The lowest BCUT2D eigenvalue weighted by Crippen LogP contribution is -2.49. The van der Waals surface area contributed by atoms with Crippen LogP contribution in [0.2, 0.25) is 0 Å². The van der Waals surface area contributed by atoms with Gasteiger partial charge in [0.15, 0.2) is 0 Å². The first-order chi connectivity index (χ1) is 16.1. The van der Waals surface area contributed by atoms with Crippen LogP contribution in [0.15, 0.2) is 71.8 Å². The van der Waals surface area contributed by atoms with E-state index in [1.165, 1.54) is 5.69 Å². The van der Waals surface area contributed by atoms with E-state index < -0.39 is 6.10 Å². The topological polar surface area (TPSA) is 61.6 Å². The third kappa shape index (κ3) is 4.57. The summed E-state index contributed by atoms with van der Waals surface area (Å²) in [5.74, 6) is 0. The Morgan fingerprint density at radius 3 is 2.33 bits per heavy atom. The molecule has 1 unspecified atom stereocenters. The Labute approximate surface area is 197 Å². The molecule has 1 fully saturated rings. The van der Waals surface area contributed by atoms with Crippen LogP contribution in [-0.4, -0.2) is 58.4 Å². The summed E-state index contributed by atoms with van der Waals surface area (Å²) in [6.45, 7) is 6.42. The molecule has 2 aromatic heterocycles. The summed E-state index contributed by atoms with van der Waals surface area (Å²) in [4.78, 5) is 24.2. The Bertz CT molecular complexity index is 1280. The number of aromatic nitrogens is 2. The van der Waals surface area contributed by atoms with E-state index in [0.717, 1.165) is 47.0 Å². The Kier molecular flexibility index (Phi) is 6.26. The van der Waals surface area contributed by atoms with Crippen molar-refractivity contribution in [1.29, 1.82) is 0 Å². The van der Waals surface area contributed by atoms with Gasteiger partial charge in [0.05, 0.1) is 24.4 Å². The van der Waals surface area contributed by atoms with Crippen molar-refractivity contribution in [3.8, 4) is 10.4 Å². The number of anilines is 1. The zero-order valence-electron chi connectivity index (χ0n) is 18.7. The number of β-amino-alcohol motifs (C(OH)–C–C–N with tert-alkyl or cyclic N) is 1. The number of fused-ring (bicyclic) bond motifs is 1. The van der Waals surface area contributed by atoms with E-state index in [4.69, 9.17) is 0 Å². The van der Waals surface area contributed by atoms with Gasteiger partial charge >= 0.3 is 0 Å². The number of hydrogen-bond donors (Lipinski definition) is 1. The minimum Gasteiger partial charge on any atom is -0.390 e. The third-order valence-corrected chi connectivity index (χ3v) is 7.57. The van der Waals surface area contributed by atoms with Crippen LogP contribution in [0.25, 0.3) is 20.7 Å². The van der Waals surface area contributed by atoms with Gasteiger partial charge in [0.1, 0.15) is 4.83 Å². The fourth-order valence-electron chi connectivity index (χ4n) is 4.56. The van der Waals surface area contributed by atoms with Gasteiger partial charge < -0.3 is 10.0 Å². The number of aryl methyl sites for hydroxylation is 1. The standard InChI is InChI=1S/C26H28N4O2S/c1-19-23-25(33-24(19)20-8-4-2-5-9-20)27-18-30(26(23)32)17-22(31)16-28-12-14-29(15-13-28)21-10-6-3-7-11-21/h2-11,18,22,31H,12-17H2,1H3. The maximum absolute atomic E-state index is 13.2. The molecule has 6 nitrogen and oxygen atoms in total. The number of nitrogens with zero attached hydrogens (tertiary/aromatic N) is 4. The molecule has 1 saturated heterocycles. The molecular formula is C26H28N4O2S. The number of benzene rings is 2. The van der Waals surface area contributed by atoms with E-state index in [9.17, 15) is 9.90 Å². The van der Waals surface area contributed by atoms with Crippen LogP contribution < -0.4 is 10.5 Å². The van der Waals surface area contributed by atoms with Gasteiger partial charge in [-0.1, -0.05) is 48.5 Å². The van der Waals surface area contributed by atoms with Crippen molar-refractivity contribution in [1.82, 2.24) is 14.5 Å². The highest BCUT2D eigenvalue weighted by molar-refractivity contribution is 7.22. The van der Waals surface area contributed by atoms with Crippen LogP contribution in [0.1, 0.15) is 5.56 Å². The lowest BCUT2D eigenvalue weighted by molar-refractivity contribution is 0.0941.